The van der Waals surface area contributed by atoms with Gasteiger partial charge in [-0.1, -0.05) is 11.6 Å². The predicted octanol–water partition coefficient (Wildman–Crippen LogP) is 2.84. The predicted molar refractivity (Wildman–Crippen MR) is 93.0 cm³/mol. The van der Waals surface area contributed by atoms with E-state index in [2.05, 4.69) is 10.4 Å². The van der Waals surface area contributed by atoms with Gasteiger partial charge in [-0.2, -0.15) is 5.10 Å². The third-order valence-corrected chi connectivity index (χ3v) is 3.75. The molecule has 0 radical (unpaired) electrons. The summed E-state index contributed by atoms with van der Waals surface area (Å²) in [7, 11) is 3.40. The van der Waals surface area contributed by atoms with E-state index in [0.29, 0.717) is 35.2 Å². The molecule has 0 aliphatic carbocycles. The molecule has 0 unspecified atom stereocenters. The van der Waals surface area contributed by atoms with Crippen LogP contribution in [0.4, 0.5) is 0 Å². The van der Waals surface area contributed by atoms with Crippen LogP contribution in [0, 0.1) is 0 Å². The van der Waals surface area contributed by atoms with Crippen molar-refractivity contribution in [2.75, 3.05) is 20.3 Å². The Kier molecular flexibility index (Phi) is 6.49. The molecule has 0 bridgehead atoms. The van der Waals surface area contributed by atoms with Gasteiger partial charge in [0, 0.05) is 25.4 Å². The van der Waals surface area contributed by atoms with Crippen LogP contribution < -0.4 is 14.8 Å². The van der Waals surface area contributed by atoms with Gasteiger partial charge in [0.25, 0.3) is 5.91 Å². The van der Waals surface area contributed by atoms with Crippen molar-refractivity contribution in [3.63, 3.8) is 0 Å². The number of halogens is 1. The summed E-state index contributed by atoms with van der Waals surface area (Å²) in [5, 5.41) is 7.36. The minimum atomic E-state index is -0.190. The molecule has 130 valence electrons. The molecule has 1 amide bonds. The van der Waals surface area contributed by atoms with Crippen LogP contribution in [0.25, 0.3) is 0 Å². The molecule has 24 heavy (non-hydrogen) atoms. The maximum Gasteiger partial charge on any atom is 0.251 e. The van der Waals surface area contributed by atoms with Gasteiger partial charge in [0.1, 0.15) is 0 Å². The Labute approximate surface area is 146 Å². The molecule has 1 N–H and O–H groups in total. The first-order valence-electron chi connectivity index (χ1n) is 7.81. The highest BCUT2D eigenvalue weighted by Gasteiger charge is 2.15. The van der Waals surface area contributed by atoms with Crippen molar-refractivity contribution in [1.82, 2.24) is 15.1 Å². The number of carbonyl (C=O) groups is 1. The molecule has 0 spiro atoms. The smallest absolute Gasteiger partial charge is 0.251 e. The highest BCUT2D eigenvalue weighted by Crippen LogP contribution is 2.36. The van der Waals surface area contributed by atoms with E-state index in [9.17, 15) is 4.79 Å². The third-order valence-electron chi connectivity index (χ3n) is 3.47. The Morgan fingerprint density at radius 2 is 2.21 bits per heavy atom. The second-order valence-corrected chi connectivity index (χ2v) is 5.71. The molecule has 2 rings (SSSR count). The molecule has 0 saturated heterocycles. The van der Waals surface area contributed by atoms with Gasteiger partial charge in [0.15, 0.2) is 11.5 Å². The molecule has 1 aromatic heterocycles. The Morgan fingerprint density at radius 1 is 1.42 bits per heavy atom. The quantitative estimate of drug-likeness (QED) is 0.743. The van der Waals surface area contributed by atoms with E-state index in [1.165, 1.54) is 7.11 Å². The van der Waals surface area contributed by atoms with Gasteiger partial charge in [0.05, 0.1) is 24.9 Å². The van der Waals surface area contributed by atoms with Gasteiger partial charge >= 0.3 is 0 Å². The van der Waals surface area contributed by atoms with E-state index in [4.69, 9.17) is 21.1 Å². The molecular formula is C17H22ClN3O3. The fourth-order valence-electron chi connectivity index (χ4n) is 2.33. The Morgan fingerprint density at radius 3 is 2.83 bits per heavy atom. The summed E-state index contributed by atoms with van der Waals surface area (Å²) in [6, 6.07) is 3.22. The Hall–Kier alpha value is -2.21. The van der Waals surface area contributed by atoms with Gasteiger partial charge in [-0.05, 0) is 37.5 Å². The monoisotopic (exact) mass is 351 g/mol. The summed E-state index contributed by atoms with van der Waals surface area (Å²) in [6.45, 7) is 2.90. The fraction of sp³-hybridized carbons (Fsp3) is 0.412. The van der Waals surface area contributed by atoms with E-state index in [1.54, 1.807) is 16.8 Å². The van der Waals surface area contributed by atoms with Crippen molar-refractivity contribution >= 4 is 17.5 Å². The first-order chi connectivity index (χ1) is 11.5. The van der Waals surface area contributed by atoms with Crippen LogP contribution in [-0.2, 0) is 13.5 Å². The molecule has 6 nitrogen and oxygen atoms in total. The van der Waals surface area contributed by atoms with E-state index < -0.39 is 0 Å². The lowest BCUT2D eigenvalue weighted by Crippen LogP contribution is -2.24. The molecule has 0 fully saturated rings. The first kappa shape index (κ1) is 18.1. The molecule has 0 atom stereocenters. The van der Waals surface area contributed by atoms with Crippen molar-refractivity contribution in [2.24, 2.45) is 7.05 Å². The number of nitrogens with zero attached hydrogens (tertiary/aromatic N) is 2. The molecular weight excluding hydrogens is 330 g/mol. The summed E-state index contributed by atoms with van der Waals surface area (Å²) in [6.07, 6.45) is 5.50. The van der Waals surface area contributed by atoms with Crippen LogP contribution in [0.15, 0.2) is 24.5 Å². The zero-order chi connectivity index (χ0) is 17.5. The van der Waals surface area contributed by atoms with Gasteiger partial charge < -0.3 is 14.8 Å². The zero-order valence-corrected chi connectivity index (χ0v) is 14.9. The van der Waals surface area contributed by atoms with Crippen LogP contribution in [0.2, 0.25) is 5.02 Å². The van der Waals surface area contributed by atoms with Gasteiger partial charge in [-0.25, -0.2) is 0 Å². The summed E-state index contributed by atoms with van der Waals surface area (Å²) >= 11 is 6.19. The molecule has 0 saturated carbocycles. The second-order valence-electron chi connectivity index (χ2n) is 5.30. The van der Waals surface area contributed by atoms with E-state index in [-0.39, 0.29) is 5.91 Å². The van der Waals surface area contributed by atoms with Crippen molar-refractivity contribution < 1.29 is 14.3 Å². The number of amides is 1. The fourth-order valence-corrected chi connectivity index (χ4v) is 2.60. The average Bonchev–Trinajstić information content (AvgIpc) is 2.98. The number of carbonyl (C=O) groups excluding carboxylic acids is 1. The van der Waals surface area contributed by atoms with Crippen molar-refractivity contribution in [3.05, 3.63) is 40.7 Å². The van der Waals surface area contributed by atoms with Crippen molar-refractivity contribution in [1.29, 1.82) is 0 Å². The summed E-state index contributed by atoms with van der Waals surface area (Å²) in [5.41, 5.74) is 1.60. The third kappa shape index (κ3) is 4.64. The summed E-state index contributed by atoms with van der Waals surface area (Å²) in [4.78, 5) is 12.3. The molecule has 0 aliphatic heterocycles. The van der Waals surface area contributed by atoms with Gasteiger partial charge in [-0.3, -0.25) is 9.48 Å². The van der Waals surface area contributed by atoms with Gasteiger partial charge in [-0.15, -0.1) is 0 Å². The van der Waals surface area contributed by atoms with Crippen LogP contribution >= 0.6 is 11.6 Å². The molecule has 7 heteroatoms. The number of benzene rings is 1. The lowest BCUT2D eigenvalue weighted by atomic mass is 10.1. The average molecular weight is 352 g/mol. The number of rotatable bonds is 8. The number of hydrogen-bond acceptors (Lipinski definition) is 4. The molecule has 1 aromatic carbocycles. The van der Waals surface area contributed by atoms with E-state index >= 15 is 0 Å². The van der Waals surface area contributed by atoms with E-state index in [0.717, 1.165) is 18.4 Å². The number of ether oxygens (including phenoxy) is 2. The maximum absolute atomic E-state index is 12.3. The summed E-state index contributed by atoms with van der Waals surface area (Å²) in [5.74, 6) is 0.712. The Bertz CT molecular complexity index is 700. The number of methoxy groups -OCH3 is 1. The van der Waals surface area contributed by atoms with Crippen LogP contribution in [-0.4, -0.2) is 35.9 Å². The maximum atomic E-state index is 12.3. The number of hydrogen-bond donors (Lipinski definition) is 1. The topological polar surface area (TPSA) is 65.4 Å². The molecule has 1 heterocycles. The van der Waals surface area contributed by atoms with Crippen LogP contribution in [0.3, 0.4) is 0 Å². The lowest BCUT2D eigenvalue weighted by Gasteiger charge is -2.13. The lowest BCUT2D eigenvalue weighted by molar-refractivity contribution is 0.0953. The molecule has 0 aliphatic rings. The zero-order valence-electron chi connectivity index (χ0n) is 14.1. The number of nitrogens with one attached hydrogen (secondary N) is 1. The Balaban J connectivity index is 1.93. The highest BCUT2D eigenvalue weighted by molar-refractivity contribution is 6.32. The van der Waals surface area contributed by atoms with Crippen LogP contribution in [0.1, 0.15) is 29.3 Å². The number of aromatic nitrogens is 2. The van der Waals surface area contributed by atoms with Crippen LogP contribution in [0.5, 0.6) is 11.5 Å². The second kappa shape index (κ2) is 8.59. The molecule has 2 aromatic rings. The van der Waals surface area contributed by atoms with Crippen molar-refractivity contribution in [2.45, 2.75) is 19.8 Å². The number of aryl methyl sites for hydroxylation is 2. The SMILES string of the molecule is CCOc1c(Cl)cc(C(=O)NCCCc2cnn(C)c2)cc1OC. The van der Waals surface area contributed by atoms with Gasteiger partial charge in [0.2, 0.25) is 0 Å². The first-order valence-corrected chi connectivity index (χ1v) is 8.19. The van der Waals surface area contributed by atoms with E-state index in [1.807, 2.05) is 26.4 Å². The minimum absolute atomic E-state index is 0.190. The highest BCUT2D eigenvalue weighted by atomic mass is 35.5. The van der Waals surface area contributed by atoms with Crippen molar-refractivity contribution in [3.8, 4) is 11.5 Å². The minimum Gasteiger partial charge on any atom is -0.493 e. The normalized spacial score (nSPS) is 10.5. The summed E-state index contributed by atoms with van der Waals surface area (Å²) < 4.78 is 12.5. The standard InChI is InChI=1S/C17H22ClN3O3/c1-4-24-16-14(18)8-13(9-15(16)23-3)17(22)19-7-5-6-12-10-20-21(2)11-12/h8-11H,4-7H2,1-3H3,(H,19,22). The largest absolute Gasteiger partial charge is 0.493 e.